The molecule has 1 N–H and O–H groups in total. The number of rotatable bonds is 3. The van der Waals surface area contributed by atoms with Crippen molar-refractivity contribution in [3.05, 3.63) is 0 Å². The third-order valence-electron chi connectivity index (χ3n) is 0.766. The Morgan fingerprint density at radius 2 is 2.29 bits per heavy atom. The summed E-state index contributed by atoms with van der Waals surface area (Å²) in [5.41, 5.74) is 0. The topological polar surface area (TPSA) is 40.1 Å². The van der Waals surface area contributed by atoms with Gasteiger partial charge in [0.25, 0.3) is 0 Å². The SMILES string of the molecule is C[C@@H](O)CCC[O]. The van der Waals surface area contributed by atoms with Gasteiger partial charge >= 0.3 is 0 Å². The largest absolute Gasteiger partial charge is 0.393 e. The van der Waals surface area contributed by atoms with E-state index in [0.29, 0.717) is 12.8 Å². The minimum atomic E-state index is -0.297. The predicted molar refractivity (Wildman–Crippen MR) is 26.5 cm³/mol. The van der Waals surface area contributed by atoms with E-state index in [1.165, 1.54) is 0 Å². The van der Waals surface area contributed by atoms with Crippen molar-refractivity contribution < 1.29 is 10.2 Å². The van der Waals surface area contributed by atoms with Gasteiger partial charge in [0.05, 0.1) is 12.7 Å². The van der Waals surface area contributed by atoms with Gasteiger partial charge in [0.1, 0.15) is 0 Å². The molecular formula is C5H11O2. The normalized spacial score (nSPS) is 14.1. The molecule has 43 valence electrons. The average molecular weight is 103 g/mol. The highest BCUT2D eigenvalue weighted by molar-refractivity contribution is 4.43. The summed E-state index contributed by atoms with van der Waals surface area (Å²) in [6.07, 6.45) is 0.940. The molecular weight excluding hydrogens is 92.1 g/mol. The van der Waals surface area contributed by atoms with Crippen LogP contribution in [-0.2, 0) is 5.11 Å². The van der Waals surface area contributed by atoms with Crippen LogP contribution >= 0.6 is 0 Å². The van der Waals surface area contributed by atoms with Gasteiger partial charge in [-0.3, -0.25) is 0 Å². The first-order valence-corrected chi connectivity index (χ1v) is 2.53. The van der Waals surface area contributed by atoms with Gasteiger partial charge in [-0.05, 0) is 19.8 Å². The van der Waals surface area contributed by atoms with E-state index in [0.717, 1.165) is 0 Å². The lowest BCUT2D eigenvalue weighted by atomic mass is 10.2. The lowest BCUT2D eigenvalue weighted by molar-refractivity contribution is 0.142. The maximum absolute atomic E-state index is 9.72. The summed E-state index contributed by atoms with van der Waals surface area (Å²) in [4.78, 5) is 0. The quantitative estimate of drug-likeness (QED) is 0.557. The molecule has 2 heteroatoms. The number of aliphatic hydroxyl groups is 1. The van der Waals surface area contributed by atoms with E-state index >= 15 is 0 Å². The van der Waals surface area contributed by atoms with Crippen LogP contribution in [0.3, 0.4) is 0 Å². The van der Waals surface area contributed by atoms with Crippen LogP contribution in [0.1, 0.15) is 19.8 Å². The van der Waals surface area contributed by atoms with Gasteiger partial charge in [-0.15, -0.1) is 0 Å². The average Bonchev–Trinajstić information content (AvgIpc) is 1.61. The van der Waals surface area contributed by atoms with E-state index < -0.39 is 0 Å². The summed E-state index contributed by atoms with van der Waals surface area (Å²) in [7, 11) is 0. The summed E-state index contributed by atoms with van der Waals surface area (Å²) in [6.45, 7) is 1.63. The maximum atomic E-state index is 9.72. The van der Waals surface area contributed by atoms with Gasteiger partial charge in [0.2, 0.25) is 0 Å². The monoisotopic (exact) mass is 103 g/mol. The Kier molecular flexibility index (Phi) is 4.04. The Hall–Kier alpha value is -0.0800. The molecule has 0 bridgehead atoms. The summed E-state index contributed by atoms with van der Waals surface area (Å²) >= 11 is 0. The molecule has 0 aliphatic carbocycles. The van der Waals surface area contributed by atoms with Crippen LogP contribution in [0.2, 0.25) is 0 Å². The van der Waals surface area contributed by atoms with Crippen molar-refractivity contribution in [3.8, 4) is 0 Å². The molecule has 0 aliphatic heterocycles. The first-order chi connectivity index (χ1) is 3.27. The van der Waals surface area contributed by atoms with Crippen LogP contribution in [0.25, 0.3) is 0 Å². The van der Waals surface area contributed by atoms with Crippen molar-refractivity contribution in [1.82, 2.24) is 0 Å². The molecule has 0 aromatic carbocycles. The van der Waals surface area contributed by atoms with Crippen LogP contribution in [0, 0.1) is 0 Å². The highest BCUT2D eigenvalue weighted by atomic mass is 16.3. The molecule has 0 heterocycles. The van der Waals surface area contributed by atoms with Crippen LogP contribution in [0.5, 0.6) is 0 Å². The van der Waals surface area contributed by atoms with E-state index in [1.54, 1.807) is 6.92 Å². The van der Waals surface area contributed by atoms with Crippen LogP contribution in [-0.4, -0.2) is 17.8 Å². The van der Waals surface area contributed by atoms with Gasteiger partial charge in [-0.25, -0.2) is 5.11 Å². The third kappa shape index (κ3) is 5.92. The standard InChI is InChI=1S/C5H11O2/c1-5(7)3-2-4-6/h5,7H,2-4H2,1H3/t5-/m1/s1. The summed E-state index contributed by atoms with van der Waals surface area (Å²) in [5, 5.41) is 18.3. The first-order valence-electron chi connectivity index (χ1n) is 2.53. The number of hydrogen-bond donors (Lipinski definition) is 1. The molecule has 0 rings (SSSR count). The molecule has 0 aliphatic rings. The Balaban J connectivity index is 2.68. The van der Waals surface area contributed by atoms with Gasteiger partial charge in [-0.2, -0.15) is 0 Å². The molecule has 2 nitrogen and oxygen atoms in total. The summed E-state index contributed by atoms with van der Waals surface area (Å²) in [5.74, 6) is 0. The fourth-order valence-electron chi connectivity index (χ4n) is 0.379. The molecule has 0 fully saturated rings. The van der Waals surface area contributed by atoms with E-state index in [4.69, 9.17) is 5.11 Å². The first kappa shape index (κ1) is 6.92. The fourth-order valence-corrected chi connectivity index (χ4v) is 0.379. The highest BCUT2D eigenvalue weighted by Gasteiger charge is 1.91. The van der Waals surface area contributed by atoms with Gasteiger partial charge < -0.3 is 5.11 Å². The van der Waals surface area contributed by atoms with Crippen molar-refractivity contribution in [1.29, 1.82) is 0 Å². The van der Waals surface area contributed by atoms with Gasteiger partial charge in [-0.1, -0.05) is 0 Å². The van der Waals surface area contributed by atoms with Gasteiger partial charge in [0, 0.05) is 0 Å². The molecule has 0 spiro atoms. The molecule has 0 amide bonds. The van der Waals surface area contributed by atoms with E-state index in [9.17, 15) is 5.11 Å². The zero-order valence-electron chi connectivity index (χ0n) is 4.55. The number of aliphatic hydroxyl groups excluding tert-OH is 1. The van der Waals surface area contributed by atoms with Crippen molar-refractivity contribution in [3.63, 3.8) is 0 Å². The van der Waals surface area contributed by atoms with E-state index in [-0.39, 0.29) is 12.7 Å². The fraction of sp³-hybridized carbons (Fsp3) is 1.00. The maximum Gasteiger partial charge on any atom is 0.0823 e. The van der Waals surface area contributed by atoms with Crippen LogP contribution < -0.4 is 0 Å². The molecule has 1 radical (unpaired) electrons. The Morgan fingerprint density at radius 1 is 1.71 bits per heavy atom. The molecule has 0 saturated carbocycles. The van der Waals surface area contributed by atoms with Crippen molar-refractivity contribution in [2.24, 2.45) is 0 Å². The Bertz CT molecular complexity index is 35.1. The van der Waals surface area contributed by atoms with Crippen molar-refractivity contribution in [2.45, 2.75) is 25.9 Å². The molecule has 0 saturated heterocycles. The molecule has 1 atom stereocenters. The second kappa shape index (κ2) is 4.09. The molecule has 0 aromatic heterocycles. The second-order valence-electron chi connectivity index (χ2n) is 1.70. The lowest BCUT2D eigenvalue weighted by Gasteiger charge is -1.97. The van der Waals surface area contributed by atoms with E-state index in [1.807, 2.05) is 0 Å². The van der Waals surface area contributed by atoms with Crippen molar-refractivity contribution in [2.75, 3.05) is 6.61 Å². The minimum absolute atomic E-state index is 0.0646. The second-order valence-corrected chi connectivity index (χ2v) is 1.70. The molecule has 0 unspecified atom stereocenters. The molecule has 0 aromatic rings. The molecule has 7 heavy (non-hydrogen) atoms. The Labute approximate surface area is 43.8 Å². The summed E-state index contributed by atoms with van der Waals surface area (Å²) in [6, 6.07) is 0. The Morgan fingerprint density at radius 3 is 2.43 bits per heavy atom. The smallest absolute Gasteiger partial charge is 0.0823 e. The minimum Gasteiger partial charge on any atom is -0.393 e. The lowest BCUT2D eigenvalue weighted by Crippen LogP contribution is -1.99. The van der Waals surface area contributed by atoms with Crippen LogP contribution in [0.4, 0.5) is 0 Å². The third-order valence-corrected chi connectivity index (χ3v) is 0.766. The zero-order chi connectivity index (χ0) is 5.70. The van der Waals surface area contributed by atoms with Crippen LogP contribution in [0.15, 0.2) is 0 Å². The summed E-state index contributed by atoms with van der Waals surface area (Å²) < 4.78 is 0. The van der Waals surface area contributed by atoms with Crippen molar-refractivity contribution >= 4 is 0 Å². The number of hydrogen-bond acceptors (Lipinski definition) is 1. The highest BCUT2D eigenvalue weighted by Crippen LogP contribution is 1.92. The zero-order valence-corrected chi connectivity index (χ0v) is 4.55. The van der Waals surface area contributed by atoms with E-state index in [2.05, 4.69) is 0 Å². The predicted octanol–water partition coefficient (Wildman–Crippen LogP) is 0.578. The van der Waals surface area contributed by atoms with Gasteiger partial charge in [0.15, 0.2) is 0 Å².